The van der Waals surface area contributed by atoms with Crippen molar-refractivity contribution in [3.05, 3.63) is 65.7 Å². The second kappa shape index (κ2) is 11.5. The summed E-state index contributed by atoms with van der Waals surface area (Å²) >= 11 is 0. The maximum atomic E-state index is 13.0. The molecule has 5 heteroatoms. The third-order valence-electron chi connectivity index (χ3n) is 5.13. The zero-order chi connectivity index (χ0) is 21.2. The van der Waals surface area contributed by atoms with Crippen molar-refractivity contribution in [1.82, 2.24) is 4.90 Å². The number of benzene rings is 2. The van der Waals surface area contributed by atoms with Crippen molar-refractivity contribution in [2.45, 2.75) is 46.4 Å². The Balaban J connectivity index is 2.16. The second-order valence-electron chi connectivity index (χ2n) is 7.83. The van der Waals surface area contributed by atoms with Crippen molar-refractivity contribution in [3.63, 3.8) is 0 Å². The van der Waals surface area contributed by atoms with Crippen LogP contribution in [0.25, 0.3) is 0 Å². The van der Waals surface area contributed by atoms with E-state index in [2.05, 4.69) is 13.8 Å². The van der Waals surface area contributed by atoms with Crippen LogP contribution in [0.5, 0.6) is 5.75 Å². The minimum Gasteiger partial charge on any atom is -0.497 e. The van der Waals surface area contributed by atoms with Crippen molar-refractivity contribution in [2.24, 2.45) is 11.8 Å². The number of hydrogen-bond donors (Lipinski definition) is 1. The predicted octanol–water partition coefficient (Wildman–Crippen LogP) is 4.88. The number of hydrogen-bond acceptors (Lipinski definition) is 4. The lowest BCUT2D eigenvalue weighted by atomic mass is 9.91. The molecule has 0 aromatic heterocycles. The molecule has 1 N–H and O–H groups in total. The van der Waals surface area contributed by atoms with Gasteiger partial charge in [0, 0.05) is 25.1 Å². The Bertz CT molecular complexity index is 730. The highest BCUT2D eigenvalue weighted by Gasteiger charge is 2.29. The van der Waals surface area contributed by atoms with Crippen LogP contribution in [-0.4, -0.2) is 35.9 Å². The Hall–Kier alpha value is -2.53. The topological polar surface area (TPSA) is 59.0 Å². The molecule has 29 heavy (non-hydrogen) atoms. The molecule has 2 aromatic rings. The second-order valence-corrected chi connectivity index (χ2v) is 7.83. The van der Waals surface area contributed by atoms with Crippen molar-refractivity contribution in [1.29, 1.82) is 0 Å². The highest BCUT2D eigenvalue weighted by Crippen LogP contribution is 2.23. The lowest BCUT2D eigenvalue weighted by Gasteiger charge is -2.34. The third-order valence-corrected chi connectivity index (χ3v) is 5.13. The van der Waals surface area contributed by atoms with Gasteiger partial charge in [-0.05, 0) is 42.5 Å². The Morgan fingerprint density at radius 1 is 1.00 bits per heavy atom. The number of aliphatic hydroxyl groups is 1. The number of rotatable bonds is 10. The number of aliphatic hydroxyl groups excluding tert-OH is 1. The van der Waals surface area contributed by atoms with Gasteiger partial charge in [-0.25, -0.2) is 4.79 Å². The fourth-order valence-electron chi connectivity index (χ4n) is 3.39. The van der Waals surface area contributed by atoms with E-state index in [0.29, 0.717) is 12.5 Å². The first-order chi connectivity index (χ1) is 13.9. The van der Waals surface area contributed by atoms with E-state index < -0.39 is 0 Å². The summed E-state index contributed by atoms with van der Waals surface area (Å²) in [5, 5.41) is 9.92. The molecule has 0 aliphatic carbocycles. The van der Waals surface area contributed by atoms with Gasteiger partial charge in [-0.2, -0.15) is 0 Å². The molecule has 1 amide bonds. The van der Waals surface area contributed by atoms with Crippen LogP contribution in [0.3, 0.4) is 0 Å². The predicted molar refractivity (Wildman–Crippen MR) is 115 cm³/mol. The first kappa shape index (κ1) is 22.8. The molecule has 2 aromatic carbocycles. The van der Waals surface area contributed by atoms with Crippen LogP contribution in [-0.2, 0) is 17.9 Å². The maximum Gasteiger partial charge on any atom is 0.410 e. The van der Waals surface area contributed by atoms with Gasteiger partial charge in [0.25, 0.3) is 0 Å². The van der Waals surface area contributed by atoms with Crippen molar-refractivity contribution in [2.75, 3.05) is 13.7 Å². The first-order valence-corrected chi connectivity index (χ1v) is 10.2. The highest BCUT2D eigenvalue weighted by atomic mass is 16.6. The summed E-state index contributed by atoms with van der Waals surface area (Å²) < 4.78 is 10.8. The van der Waals surface area contributed by atoms with E-state index >= 15 is 0 Å². The number of carbonyl (C=O) groups excluding carboxylic acids is 1. The molecule has 0 fully saturated rings. The molecule has 2 unspecified atom stereocenters. The number of carbonyl (C=O) groups is 1. The van der Waals surface area contributed by atoms with Crippen molar-refractivity contribution < 1.29 is 19.4 Å². The van der Waals surface area contributed by atoms with Crippen LogP contribution in [0.15, 0.2) is 54.6 Å². The van der Waals surface area contributed by atoms with Gasteiger partial charge < -0.3 is 19.5 Å². The maximum absolute atomic E-state index is 13.0. The monoisotopic (exact) mass is 399 g/mol. The minimum atomic E-state index is -0.376. The highest BCUT2D eigenvalue weighted by molar-refractivity contribution is 5.68. The zero-order valence-corrected chi connectivity index (χ0v) is 17.9. The van der Waals surface area contributed by atoms with E-state index in [0.717, 1.165) is 23.3 Å². The molecule has 0 saturated heterocycles. The van der Waals surface area contributed by atoms with Crippen LogP contribution in [0.1, 0.15) is 38.3 Å². The fourth-order valence-corrected chi connectivity index (χ4v) is 3.39. The van der Waals surface area contributed by atoms with Crippen molar-refractivity contribution in [3.8, 4) is 5.75 Å². The van der Waals surface area contributed by atoms with E-state index in [-0.39, 0.29) is 31.3 Å². The summed E-state index contributed by atoms with van der Waals surface area (Å²) in [6.45, 7) is 6.89. The van der Waals surface area contributed by atoms with Gasteiger partial charge in [0.2, 0.25) is 0 Å². The lowest BCUT2D eigenvalue weighted by Crippen LogP contribution is -2.44. The Labute approximate surface area is 174 Å². The number of methoxy groups -OCH3 is 1. The van der Waals surface area contributed by atoms with E-state index in [1.807, 2.05) is 61.5 Å². The summed E-state index contributed by atoms with van der Waals surface area (Å²) in [7, 11) is 1.63. The van der Waals surface area contributed by atoms with Crippen LogP contribution in [0.2, 0.25) is 0 Å². The van der Waals surface area contributed by atoms with Gasteiger partial charge in [0.15, 0.2) is 0 Å². The van der Waals surface area contributed by atoms with Gasteiger partial charge >= 0.3 is 6.09 Å². The van der Waals surface area contributed by atoms with Gasteiger partial charge in [-0.1, -0.05) is 56.3 Å². The first-order valence-electron chi connectivity index (χ1n) is 10.2. The molecule has 0 spiro atoms. The van der Waals surface area contributed by atoms with Crippen LogP contribution < -0.4 is 4.74 Å². The molecule has 0 aliphatic rings. The Morgan fingerprint density at radius 3 is 2.21 bits per heavy atom. The van der Waals surface area contributed by atoms with Crippen LogP contribution in [0, 0.1) is 11.8 Å². The van der Waals surface area contributed by atoms with E-state index in [4.69, 9.17) is 9.47 Å². The Kier molecular flexibility index (Phi) is 9.00. The summed E-state index contributed by atoms with van der Waals surface area (Å²) in [6.07, 6.45) is 0.460. The number of ether oxygens (including phenoxy) is 2. The zero-order valence-electron chi connectivity index (χ0n) is 17.9. The van der Waals surface area contributed by atoms with Gasteiger partial charge in [-0.15, -0.1) is 0 Å². The Morgan fingerprint density at radius 2 is 1.66 bits per heavy atom. The molecule has 0 bridgehead atoms. The molecule has 158 valence electrons. The summed E-state index contributed by atoms with van der Waals surface area (Å²) in [4.78, 5) is 14.7. The molecule has 2 rings (SSSR count). The van der Waals surface area contributed by atoms with Gasteiger partial charge in [-0.3, -0.25) is 0 Å². The number of amides is 1. The molecule has 5 nitrogen and oxygen atoms in total. The normalized spacial score (nSPS) is 13.0. The fraction of sp³-hybridized carbons (Fsp3) is 0.458. The van der Waals surface area contributed by atoms with Crippen molar-refractivity contribution >= 4 is 6.09 Å². The summed E-state index contributed by atoms with van der Waals surface area (Å²) in [6, 6.07) is 17.1. The minimum absolute atomic E-state index is 0.0162. The average Bonchev–Trinajstić information content (AvgIpc) is 2.74. The standard InChI is InChI=1S/C24H33NO4/c1-18(2)14-22(16-26)19(3)25(15-20-10-12-23(28-4)13-11-20)24(27)29-17-21-8-6-5-7-9-21/h5-13,18-19,22,26H,14-17H2,1-4H3. The molecule has 2 atom stereocenters. The third kappa shape index (κ3) is 7.09. The molecule has 0 heterocycles. The largest absolute Gasteiger partial charge is 0.497 e. The van der Waals surface area contributed by atoms with E-state index in [1.165, 1.54) is 0 Å². The molecule has 0 aliphatic heterocycles. The van der Waals surface area contributed by atoms with Crippen LogP contribution in [0.4, 0.5) is 4.79 Å². The molecular weight excluding hydrogens is 366 g/mol. The number of nitrogens with zero attached hydrogens (tertiary/aromatic N) is 1. The average molecular weight is 400 g/mol. The summed E-state index contributed by atoms with van der Waals surface area (Å²) in [5.74, 6) is 1.18. The smallest absolute Gasteiger partial charge is 0.410 e. The molecule has 0 saturated carbocycles. The van der Waals surface area contributed by atoms with Crippen LogP contribution >= 0.6 is 0 Å². The van der Waals surface area contributed by atoms with Gasteiger partial charge in [0.05, 0.1) is 7.11 Å². The SMILES string of the molecule is COc1ccc(CN(C(=O)OCc2ccccc2)C(C)C(CO)CC(C)C)cc1. The van der Waals surface area contributed by atoms with E-state index in [9.17, 15) is 9.90 Å². The van der Waals surface area contributed by atoms with Gasteiger partial charge in [0.1, 0.15) is 12.4 Å². The lowest BCUT2D eigenvalue weighted by molar-refractivity contribution is 0.0517. The molecule has 0 radical (unpaired) electrons. The quantitative estimate of drug-likeness (QED) is 0.619. The van der Waals surface area contributed by atoms with E-state index in [1.54, 1.807) is 12.0 Å². The molecular formula is C24H33NO4. The summed E-state index contributed by atoms with van der Waals surface area (Å²) in [5.41, 5.74) is 1.93.